The lowest BCUT2D eigenvalue weighted by Crippen LogP contribution is -2.49. The highest BCUT2D eigenvalue weighted by Gasteiger charge is 2.28. The normalized spacial score (nSPS) is 16.6. The number of hydrogen-bond donors (Lipinski definition) is 1. The summed E-state index contributed by atoms with van der Waals surface area (Å²) in [6.07, 6.45) is 2.06. The van der Waals surface area contributed by atoms with Crippen LogP contribution in [-0.4, -0.2) is 48.0 Å². The van der Waals surface area contributed by atoms with Crippen LogP contribution in [0.5, 0.6) is 0 Å². The van der Waals surface area contributed by atoms with Crippen LogP contribution < -0.4 is 10.2 Å². The fourth-order valence-electron chi connectivity index (χ4n) is 3.80. The topological polar surface area (TPSA) is 78.7 Å². The van der Waals surface area contributed by atoms with Crippen LogP contribution in [0.25, 0.3) is 0 Å². The number of anilines is 2. The van der Waals surface area contributed by atoms with E-state index in [0.717, 1.165) is 25.9 Å². The summed E-state index contributed by atoms with van der Waals surface area (Å²) in [5.41, 5.74) is 4.57. The lowest BCUT2D eigenvalue weighted by Gasteiger charge is -2.37. The lowest BCUT2D eigenvalue weighted by molar-refractivity contribution is -0.384. The zero-order valence-corrected chi connectivity index (χ0v) is 16.9. The number of amides is 1. The molecule has 7 nitrogen and oxygen atoms in total. The molecule has 1 aliphatic heterocycles. The van der Waals surface area contributed by atoms with Gasteiger partial charge < -0.3 is 15.1 Å². The Morgan fingerprint density at radius 2 is 1.83 bits per heavy atom. The minimum absolute atomic E-state index is 0.0308. The van der Waals surface area contributed by atoms with Gasteiger partial charge in [0.05, 0.1) is 4.92 Å². The zero-order valence-electron chi connectivity index (χ0n) is 16.9. The molecule has 0 radical (unpaired) electrons. The lowest BCUT2D eigenvalue weighted by atomic mass is 10.1. The molecular weight excluding hydrogens is 368 g/mol. The van der Waals surface area contributed by atoms with Crippen molar-refractivity contribution in [3.05, 3.63) is 63.2 Å². The number of carbonyl (C=O) groups excluding carboxylic acids is 1. The van der Waals surface area contributed by atoms with Crippen molar-refractivity contribution in [2.45, 2.75) is 32.7 Å². The molecule has 1 saturated carbocycles. The molecule has 1 N–H and O–H groups in total. The predicted molar refractivity (Wildman–Crippen MR) is 114 cm³/mol. The van der Waals surface area contributed by atoms with Gasteiger partial charge in [0.15, 0.2) is 0 Å². The molecule has 0 unspecified atom stereocenters. The summed E-state index contributed by atoms with van der Waals surface area (Å²) in [7, 11) is 0. The van der Waals surface area contributed by atoms with Gasteiger partial charge in [0.2, 0.25) is 0 Å². The van der Waals surface area contributed by atoms with E-state index in [0.29, 0.717) is 30.4 Å². The molecule has 152 valence electrons. The van der Waals surface area contributed by atoms with E-state index in [1.165, 1.54) is 22.9 Å². The molecule has 1 amide bonds. The third-order valence-electron chi connectivity index (χ3n) is 5.86. The standard InChI is InChI=1S/C22H26N4O3/c1-15-4-3-5-20(16(15)2)24-10-12-25(13-11-24)22(27)17-6-9-19(23-18-7-8-18)21(14-17)26(28)29/h3-6,9,14,18,23H,7-8,10-13H2,1-2H3. The van der Waals surface area contributed by atoms with Crippen LogP contribution in [0.1, 0.15) is 34.3 Å². The Balaban J connectivity index is 1.46. The monoisotopic (exact) mass is 394 g/mol. The molecular formula is C22H26N4O3. The second-order valence-electron chi connectivity index (χ2n) is 7.91. The molecule has 29 heavy (non-hydrogen) atoms. The van der Waals surface area contributed by atoms with Crippen molar-refractivity contribution in [1.82, 2.24) is 4.90 Å². The molecule has 4 rings (SSSR count). The summed E-state index contributed by atoms with van der Waals surface area (Å²) in [5.74, 6) is -0.147. The van der Waals surface area contributed by atoms with E-state index in [1.54, 1.807) is 17.0 Å². The largest absolute Gasteiger partial charge is 0.377 e. The Kier molecular flexibility index (Phi) is 5.13. The molecule has 2 fully saturated rings. The second-order valence-corrected chi connectivity index (χ2v) is 7.91. The van der Waals surface area contributed by atoms with Crippen molar-refractivity contribution in [1.29, 1.82) is 0 Å². The van der Waals surface area contributed by atoms with E-state index in [1.807, 2.05) is 0 Å². The number of nitrogens with one attached hydrogen (secondary N) is 1. The fraction of sp³-hybridized carbons (Fsp3) is 0.409. The van der Waals surface area contributed by atoms with Gasteiger partial charge in [-0.15, -0.1) is 0 Å². The van der Waals surface area contributed by atoms with Gasteiger partial charge in [0.25, 0.3) is 11.6 Å². The molecule has 1 saturated heterocycles. The van der Waals surface area contributed by atoms with E-state index in [9.17, 15) is 14.9 Å². The number of piperazine rings is 1. The van der Waals surface area contributed by atoms with E-state index < -0.39 is 4.92 Å². The quantitative estimate of drug-likeness (QED) is 0.617. The summed E-state index contributed by atoms with van der Waals surface area (Å²) in [6, 6.07) is 11.4. The van der Waals surface area contributed by atoms with Crippen LogP contribution in [0.3, 0.4) is 0 Å². The van der Waals surface area contributed by atoms with Gasteiger partial charge >= 0.3 is 0 Å². The average molecular weight is 394 g/mol. The second kappa shape index (κ2) is 7.73. The van der Waals surface area contributed by atoms with Crippen molar-refractivity contribution >= 4 is 23.0 Å². The van der Waals surface area contributed by atoms with Gasteiger partial charge in [0.1, 0.15) is 5.69 Å². The van der Waals surface area contributed by atoms with Crippen molar-refractivity contribution in [3.63, 3.8) is 0 Å². The van der Waals surface area contributed by atoms with E-state index in [-0.39, 0.29) is 11.6 Å². The molecule has 1 heterocycles. The summed E-state index contributed by atoms with van der Waals surface area (Å²) < 4.78 is 0. The number of aryl methyl sites for hydroxylation is 1. The minimum atomic E-state index is -0.417. The van der Waals surface area contributed by atoms with Gasteiger partial charge in [-0.1, -0.05) is 12.1 Å². The number of nitrogens with zero attached hydrogens (tertiary/aromatic N) is 3. The average Bonchev–Trinajstić information content (AvgIpc) is 3.54. The zero-order chi connectivity index (χ0) is 20.5. The Labute approximate surface area is 170 Å². The Bertz CT molecular complexity index is 947. The number of benzene rings is 2. The third-order valence-corrected chi connectivity index (χ3v) is 5.86. The van der Waals surface area contributed by atoms with Gasteiger partial charge in [-0.3, -0.25) is 14.9 Å². The number of rotatable bonds is 5. The third kappa shape index (κ3) is 4.04. The first-order chi connectivity index (χ1) is 13.9. The van der Waals surface area contributed by atoms with Crippen LogP contribution in [0.2, 0.25) is 0 Å². The maximum absolute atomic E-state index is 12.9. The Morgan fingerprint density at radius 3 is 2.48 bits per heavy atom. The first-order valence-electron chi connectivity index (χ1n) is 10.1. The predicted octanol–water partition coefficient (Wildman–Crippen LogP) is 3.75. The number of nitro benzene ring substituents is 1. The number of nitro groups is 1. The Morgan fingerprint density at radius 1 is 1.10 bits per heavy atom. The van der Waals surface area contributed by atoms with E-state index in [2.05, 4.69) is 42.3 Å². The van der Waals surface area contributed by atoms with Gasteiger partial charge in [-0.25, -0.2) is 0 Å². The summed E-state index contributed by atoms with van der Waals surface area (Å²) >= 11 is 0. The number of carbonyl (C=O) groups is 1. The molecule has 0 spiro atoms. The fourth-order valence-corrected chi connectivity index (χ4v) is 3.80. The molecule has 0 atom stereocenters. The molecule has 2 aliphatic rings. The first kappa shape index (κ1) is 19.2. The van der Waals surface area contributed by atoms with Gasteiger partial charge in [-0.2, -0.15) is 0 Å². The molecule has 0 bridgehead atoms. The smallest absolute Gasteiger partial charge is 0.293 e. The highest BCUT2D eigenvalue weighted by molar-refractivity contribution is 5.96. The van der Waals surface area contributed by atoms with Crippen LogP contribution in [0, 0.1) is 24.0 Å². The number of hydrogen-bond acceptors (Lipinski definition) is 5. The SMILES string of the molecule is Cc1cccc(N2CCN(C(=O)c3ccc(NC4CC4)c([N+](=O)[O-])c3)CC2)c1C. The maximum atomic E-state index is 12.9. The molecule has 2 aromatic carbocycles. The van der Waals surface area contributed by atoms with Crippen molar-refractivity contribution in [2.75, 3.05) is 36.4 Å². The van der Waals surface area contributed by atoms with Crippen molar-refractivity contribution in [3.8, 4) is 0 Å². The van der Waals surface area contributed by atoms with Gasteiger partial charge in [0, 0.05) is 49.5 Å². The van der Waals surface area contributed by atoms with Crippen LogP contribution in [0.4, 0.5) is 17.1 Å². The summed E-state index contributed by atoms with van der Waals surface area (Å²) in [5, 5.41) is 14.6. The van der Waals surface area contributed by atoms with Crippen molar-refractivity contribution in [2.24, 2.45) is 0 Å². The molecule has 7 heteroatoms. The Hall–Kier alpha value is -3.09. The van der Waals surface area contributed by atoms with Gasteiger partial charge in [-0.05, 0) is 56.0 Å². The van der Waals surface area contributed by atoms with Crippen molar-refractivity contribution < 1.29 is 9.72 Å². The van der Waals surface area contributed by atoms with E-state index in [4.69, 9.17) is 0 Å². The maximum Gasteiger partial charge on any atom is 0.293 e. The highest BCUT2D eigenvalue weighted by atomic mass is 16.6. The van der Waals surface area contributed by atoms with Crippen LogP contribution in [-0.2, 0) is 0 Å². The van der Waals surface area contributed by atoms with E-state index >= 15 is 0 Å². The molecule has 1 aliphatic carbocycles. The minimum Gasteiger partial charge on any atom is -0.377 e. The summed E-state index contributed by atoms with van der Waals surface area (Å²) in [4.78, 5) is 28.1. The summed E-state index contributed by atoms with van der Waals surface area (Å²) in [6.45, 7) is 6.93. The first-order valence-corrected chi connectivity index (χ1v) is 10.1. The highest BCUT2D eigenvalue weighted by Crippen LogP contribution is 2.32. The van der Waals surface area contributed by atoms with Crippen LogP contribution >= 0.6 is 0 Å². The molecule has 2 aromatic rings. The molecule has 0 aromatic heterocycles. The van der Waals surface area contributed by atoms with Crippen LogP contribution in [0.15, 0.2) is 36.4 Å².